The van der Waals surface area contributed by atoms with Gasteiger partial charge in [-0.3, -0.25) is 4.18 Å². The lowest BCUT2D eigenvalue weighted by molar-refractivity contribution is -0.437. The van der Waals surface area contributed by atoms with E-state index in [2.05, 4.69) is 141 Å². The molecular formula is C48H56ClN2O3S+. The molecule has 4 aromatic carbocycles. The van der Waals surface area contributed by atoms with Crippen LogP contribution in [0.1, 0.15) is 92.2 Å². The summed E-state index contributed by atoms with van der Waals surface area (Å²) in [4.78, 5) is 2.18. The molecule has 0 saturated carbocycles. The molecule has 288 valence electrons. The third-order valence-electron chi connectivity index (χ3n) is 11.5. The normalized spacial score (nSPS) is 19.8. The van der Waals surface area contributed by atoms with Crippen LogP contribution in [0.3, 0.4) is 0 Å². The average molecular weight is 777 g/mol. The van der Waals surface area contributed by atoms with Crippen LogP contribution in [0.2, 0.25) is 0 Å². The zero-order valence-corrected chi connectivity index (χ0v) is 35.4. The lowest BCUT2D eigenvalue weighted by Crippen LogP contribution is -2.31. The van der Waals surface area contributed by atoms with Crippen LogP contribution in [0.15, 0.2) is 119 Å². The minimum absolute atomic E-state index is 0.112. The molecule has 1 aliphatic carbocycles. The van der Waals surface area contributed by atoms with Gasteiger partial charge in [-0.05, 0) is 95.0 Å². The summed E-state index contributed by atoms with van der Waals surface area (Å²) in [5, 5.41) is 5.75. The predicted octanol–water partition coefficient (Wildman–Crippen LogP) is 12.0. The summed E-state index contributed by atoms with van der Waals surface area (Å²) in [6.07, 6.45) is 12.8. The second kappa shape index (κ2) is 14.8. The molecule has 0 radical (unpaired) electrons. The van der Waals surface area contributed by atoms with Crippen LogP contribution in [0, 0.1) is 5.41 Å². The van der Waals surface area contributed by atoms with E-state index < -0.39 is 10.1 Å². The Labute approximate surface area is 333 Å². The Hall–Kier alpha value is -3.97. The van der Waals surface area contributed by atoms with Gasteiger partial charge in [0.2, 0.25) is 5.69 Å². The van der Waals surface area contributed by atoms with Gasteiger partial charge in [0.15, 0.2) is 5.71 Å². The molecule has 4 aromatic rings. The van der Waals surface area contributed by atoms with Gasteiger partial charge >= 0.3 is 0 Å². The highest BCUT2D eigenvalue weighted by Gasteiger charge is 2.45. The number of benzene rings is 4. The van der Waals surface area contributed by atoms with Crippen LogP contribution in [-0.4, -0.2) is 44.2 Å². The Morgan fingerprint density at radius 1 is 0.836 bits per heavy atom. The van der Waals surface area contributed by atoms with Crippen molar-refractivity contribution in [1.82, 2.24) is 0 Å². The number of fused-ring (bicyclic) bond motifs is 6. The first-order valence-electron chi connectivity index (χ1n) is 19.9. The molecule has 0 bridgehead atoms. The molecule has 0 saturated heterocycles. The monoisotopic (exact) mass is 775 g/mol. The van der Waals surface area contributed by atoms with E-state index in [9.17, 15) is 8.42 Å². The molecule has 0 spiro atoms. The van der Waals surface area contributed by atoms with E-state index in [1.54, 1.807) is 0 Å². The van der Waals surface area contributed by atoms with Crippen LogP contribution < -0.4 is 4.90 Å². The molecular weight excluding hydrogens is 720 g/mol. The SMILES string of the molecule is CCC[N+]1=C(/C=C/C2=C(Cl)C(=C/C=C3/N(CCS(=O)(=O)OCC(C)(C)C)c4ccc5ccccc5c4C3(C)C)/CCC2)C(C)(C)c2c1ccc1ccccc21. The van der Waals surface area contributed by atoms with E-state index in [0.717, 1.165) is 59.8 Å². The van der Waals surface area contributed by atoms with Crippen molar-refractivity contribution in [2.45, 2.75) is 91.9 Å². The fraction of sp³-hybridized carbons (Fsp3) is 0.396. The van der Waals surface area contributed by atoms with Gasteiger partial charge in [-0.15, -0.1) is 0 Å². The molecule has 0 aromatic heterocycles. The van der Waals surface area contributed by atoms with E-state index in [4.69, 9.17) is 15.8 Å². The summed E-state index contributed by atoms with van der Waals surface area (Å²) in [7, 11) is -3.74. The van der Waals surface area contributed by atoms with E-state index in [0.29, 0.717) is 0 Å². The van der Waals surface area contributed by atoms with E-state index in [1.807, 2.05) is 20.8 Å². The molecule has 2 heterocycles. The van der Waals surface area contributed by atoms with Crippen LogP contribution in [0.4, 0.5) is 11.4 Å². The molecule has 0 amide bonds. The maximum Gasteiger partial charge on any atom is 0.269 e. The van der Waals surface area contributed by atoms with Crippen molar-refractivity contribution in [2.75, 3.05) is 30.3 Å². The number of hydrogen-bond donors (Lipinski definition) is 0. The molecule has 7 heteroatoms. The Balaban J connectivity index is 1.24. The summed E-state index contributed by atoms with van der Waals surface area (Å²) in [6, 6.07) is 26.0. The van der Waals surface area contributed by atoms with Crippen molar-refractivity contribution in [3.8, 4) is 0 Å². The van der Waals surface area contributed by atoms with Crippen molar-refractivity contribution in [3.63, 3.8) is 0 Å². The fourth-order valence-electron chi connectivity index (χ4n) is 8.87. The highest BCUT2D eigenvalue weighted by molar-refractivity contribution is 7.86. The first-order valence-corrected chi connectivity index (χ1v) is 21.8. The lowest BCUT2D eigenvalue weighted by atomic mass is 9.78. The zero-order chi connectivity index (χ0) is 39.3. The average Bonchev–Trinajstić information content (AvgIpc) is 3.50. The number of rotatable bonds is 10. The Bertz CT molecular complexity index is 2440. The van der Waals surface area contributed by atoms with Crippen molar-refractivity contribution in [1.29, 1.82) is 0 Å². The number of anilines is 1. The first-order chi connectivity index (χ1) is 26.0. The molecule has 7 rings (SSSR count). The number of hydrogen-bond acceptors (Lipinski definition) is 4. The quantitative estimate of drug-likeness (QED) is 0.119. The Morgan fingerprint density at radius 3 is 2.16 bits per heavy atom. The standard InChI is InChI=1S/C48H56ClN2O3S/c1-9-29-50-39-25-21-33-15-10-12-19-37(33)43(39)47(5,6)41(50)27-23-35-17-14-18-36(45(35)49)24-28-42-48(7,8)44-38-20-13-11-16-34(38)22-26-40(44)51(42)30-31-55(52,53)54-32-46(2,3)4/h10-13,15-16,19-28H,9,14,17-18,29-32H2,1-8H3/q+1. The van der Waals surface area contributed by atoms with Crippen LogP contribution in [0.25, 0.3) is 21.5 Å². The van der Waals surface area contributed by atoms with Gasteiger partial charge < -0.3 is 4.90 Å². The third kappa shape index (κ3) is 7.50. The highest BCUT2D eigenvalue weighted by Crippen LogP contribution is 2.51. The van der Waals surface area contributed by atoms with E-state index in [1.165, 1.54) is 44.1 Å². The van der Waals surface area contributed by atoms with Gasteiger partial charge in [-0.2, -0.15) is 13.0 Å². The highest BCUT2D eigenvalue weighted by atomic mass is 35.5. The zero-order valence-electron chi connectivity index (χ0n) is 33.8. The molecule has 0 N–H and O–H groups in total. The van der Waals surface area contributed by atoms with Crippen LogP contribution in [-0.2, 0) is 25.1 Å². The van der Waals surface area contributed by atoms with Crippen molar-refractivity contribution >= 4 is 60.4 Å². The second-order valence-corrected chi connectivity index (χ2v) is 19.8. The minimum atomic E-state index is -3.74. The van der Waals surface area contributed by atoms with Gasteiger partial charge in [-0.1, -0.05) is 120 Å². The molecule has 0 unspecified atom stereocenters. The van der Waals surface area contributed by atoms with Crippen molar-refractivity contribution < 1.29 is 17.2 Å². The van der Waals surface area contributed by atoms with Crippen molar-refractivity contribution in [3.05, 3.63) is 130 Å². The topological polar surface area (TPSA) is 49.6 Å². The van der Waals surface area contributed by atoms with E-state index >= 15 is 0 Å². The number of halogens is 1. The summed E-state index contributed by atoms with van der Waals surface area (Å²) < 4.78 is 34.3. The molecule has 0 atom stereocenters. The number of nitrogens with zero attached hydrogens (tertiary/aromatic N) is 2. The van der Waals surface area contributed by atoms with Crippen LogP contribution in [0.5, 0.6) is 0 Å². The summed E-state index contributed by atoms with van der Waals surface area (Å²) in [5.74, 6) is -0.112. The van der Waals surface area contributed by atoms with Gasteiger partial charge in [0, 0.05) is 52.5 Å². The molecule has 0 fully saturated rings. The van der Waals surface area contributed by atoms with Gasteiger partial charge in [0.05, 0.1) is 17.8 Å². The van der Waals surface area contributed by atoms with Gasteiger partial charge in [0.25, 0.3) is 10.1 Å². The fourth-order valence-corrected chi connectivity index (χ4v) is 10.2. The molecule has 2 aliphatic heterocycles. The minimum Gasteiger partial charge on any atom is -0.343 e. The summed E-state index contributed by atoms with van der Waals surface area (Å²) >= 11 is 7.32. The van der Waals surface area contributed by atoms with Crippen molar-refractivity contribution in [2.24, 2.45) is 5.41 Å². The largest absolute Gasteiger partial charge is 0.343 e. The predicted molar refractivity (Wildman–Crippen MR) is 233 cm³/mol. The second-order valence-electron chi connectivity index (χ2n) is 17.7. The van der Waals surface area contributed by atoms with E-state index in [-0.39, 0.29) is 35.1 Å². The Kier molecular flexibility index (Phi) is 10.6. The maximum absolute atomic E-state index is 13.2. The van der Waals surface area contributed by atoms with Crippen LogP contribution >= 0.6 is 11.6 Å². The summed E-state index contributed by atoms with van der Waals surface area (Å²) in [6.45, 7) is 18.7. The lowest BCUT2D eigenvalue weighted by Gasteiger charge is -2.27. The maximum atomic E-state index is 13.2. The molecule has 3 aliphatic rings. The first kappa shape index (κ1) is 39.3. The molecule has 5 nitrogen and oxygen atoms in total. The Morgan fingerprint density at radius 2 is 1.49 bits per heavy atom. The smallest absolute Gasteiger partial charge is 0.269 e. The number of allylic oxidation sites excluding steroid dienone is 8. The van der Waals surface area contributed by atoms with Gasteiger partial charge in [-0.25, -0.2) is 0 Å². The third-order valence-corrected chi connectivity index (χ3v) is 13.2. The molecule has 55 heavy (non-hydrogen) atoms. The summed E-state index contributed by atoms with van der Waals surface area (Å²) in [5.41, 5.74) is 8.72. The van der Waals surface area contributed by atoms with Gasteiger partial charge in [0.1, 0.15) is 6.54 Å².